The number of benzene rings is 1. The molecule has 5 nitrogen and oxygen atoms in total. The minimum Gasteiger partial charge on any atom is -0.462 e. The molecule has 0 amide bonds. The summed E-state index contributed by atoms with van der Waals surface area (Å²) in [6, 6.07) is 2.31. The fourth-order valence-corrected chi connectivity index (χ4v) is 1.17. The van der Waals surface area contributed by atoms with E-state index in [0.717, 1.165) is 6.07 Å². The molecule has 0 fully saturated rings. The molecule has 7 heteroatoms. The van der Waals surface area contributed by atoms with Crippen LogP contribution in [0.3, 0.4) is 0 Å². The molecule has 0 saturated carbocycles. The molecular weight excluding hydrogens is 234 g/mol. The van der Waals surface area contributed by atoms with Crippen LogP contribution in [-0.2, 0) is 4.74 Å². The van der Waals surface area contributed by atoms with Crippen molar-refractivity contribution in [2.24, 2.45) is 0 Å². The van der Waals surface area contributed by atoms with Gasteiger partial charge < -0.3 is 20.9 Å². The molecule has 0 bridgehead atoms. The lowest BCUT2D eigenvalue weighted by Crippen LogP contribution is -2.10. The average Bonchev–Trinajstić information content (AvgIpc) is 2.24. The first-order valence-electron chi connectivity index (χ1n) is 4.76. The number of hydrogen-bond acceptors (Lipinski definition) is 5. The molecular formula is C10H12F2N2O3. The number of hydrogen-bond donors (Lipinski definition) is 2. The zero-order valence-electron chi connectivity index (χ0n) is 9.07. The molecule has 0 aliphatic carbocycles. The van der Waals surface area contributed by atoms with E-state index in [1.807, 2.05) is 0 Å². The van der Waals surface area contributed by atoms with Crippen molar-refractivity contribution in [3.05, 3.63) is 17.7 Å². The lowest BCUT2D eigenvalue weighted by molar-refractivity contribution is -0.0493. The Kier molecular flexibility index (Phi) is 4.08. The van der Waals surface area contributed by atoms with Gasteiger partial charge in [0.15, 0.2) is 5.75 Å². The van der Waals surface area contributed by atoms with Gasteiger partial charge in [0.05, 0.1) is 23.5 Å². The maximum absolute atomic E-state index is 12.1. The van der Waals surface area contributed by atoms with Crippen LogP contribution in [0, 0.1) is 0 Å². The summed E-state index contributed by atoms with van der Waals surface area (Å²) in [5.74, 6) is -1.03. The Hall–Kier alpha value is -2.05. The number of carbonyl (C=O) groups is 1. The minimum atomic E-state index is -3.05. The highest BCUT2D eigenvalue weighted by atomic mass is 19.3. The maximum Gasteiger partial charge on any atom is 0.387 e. The number of nitrogen functional groups attached to an aromatic ring is 2. The van der Waals surface area contributed by atoms with E-state index >= 15 is 0 Å². The molecule has 0 atom stereocenters. The first-order valence-corrected chi connectivity index (χ1v) is 4.76. The first kappa shape index (κ1) is 13.0. The number of anilines is 2. The van der Waals surface area contributed by atoms with Crippen molar-refractivity contribution in [2.75, 3.05) is 18.1 Å². The number of halogens is 2. The Labute approximate surface area is 96.3 Å². The van der Waals surface area contributed by atoms with Crippen LogP contribution in [0.25, 0.3) is 0 Å². The fraction of sp³-hybridized carbons (Fsp3) is 0.300. The van der Waals surface area contributed by atoms with Gasteiger partial charge in [-0.2, -0.15) is 8.78 Å². The van der Waals surface area contributed by atoms with E-state index in [0.29, 0.717) is 0 Å². The summed E-state index contributed by atoms with van der Waals surface area (Å²) in [6.45, 7) is -1.27. The third-order valence-corrected chi connectivity index (χ3v) is 1.90. The maximum atomic E-state index is 12.1. The lowest BCUT2D eigenvalue weighted by Gasteiger charge is -2.11. The summed E-state index contributed by atoms with van der Waals surface area (Å²) >= 11 is 0. The number of ether oxygens (including phenoxy) is 2. The zero-order chi connectivity index (χ0) is 13.0. The van der Waals surface area contributed by atoms with E-state index in [1.54, 1.807) is 6.92 Å². The van der Waals surface area contributed by atoms with Crippen LogP contribution in [0.15, 0.2) is 12.1 Å². The Morgan fingerprint density at radius 2 is 2.06 bits per heavy atom. The second-order valence-electron chi connectivity index (χ2n) is 3.08. The SMILES string of the molecule is CCOC(=O)c1cc(N)c(N)c(OC(F)F)c1. The molecule has 0 aliphatic rings. The van der Waals surface area contributed by atoms with E-state index in [-0.39, 0.29) is 29.3 Å². The van der Waals surface area contributed by atoms with Gasteiger partial charge in [-0.1, -0.05) is 0 Å². The van der Waals surface area contributed by atoms with Gasteiger partial charge >= 0.3 is 12.6 Å². The van der Waals surface area contributed by atoms with Crippen LogP contribution >= 0.6 is 0 Å². The van der Waals surface area contributed by atoms with Gasteiger partial charge in [-0.05, 0) is 19.1 Å². The van der Waals surface area contributed by atoms with Crippen LogP contribution < -0.4 is 16.2 Å². The van der Waals surface area contributed by atoms with E-state index in [4.69, 9.17) is 16.2 Å². The number of rotatable bonds is 4. The fourth-order valence-electron chi connectivity index (χ4n) is 1.17. The van der Waals surface area contributed by atoms with Crippen molar-refractivity contribution in [3.8, 4) is 5.75 Å². The third-order valence-electron chi connectivity index (χ3n) is 1.90. The largest absolute Gasteiger partial charge is 0.462 e. The van der Waals surface area contributed by atoms with Crippen molar-refractivity contribution >= 4 is 17.3 Å². The molecule has 0 spiro atoms. The van der Waals surface area contributed by atoms with Gasteiger partial charge in [0.2, 0.25) is 0 Å². The van der Waals surface area contributed by atoms with Crippen LogP contribution in [-0.4, -0.2) is 19.2 Å². The highest BCUT2D eigenvalue weighted by Gasteiger charge is 2.15. The van der Waals surface area contributed by atoms with Gasteiger partial charge in [0.25, 0.3) is 0 Å². The first-order chi connectivity index (χ1) is 7.95. The number of alkyl halides is 2. The number of esters is 1. The quantitative estimate of drug-likeness (QED) is 0.622. The molecule has 0 heterocycles. The molecule has 1 aromatic carbocycles. The smallest absolute Gasteiger partial charge is 0.387 e. The molecule has 0 aromatic heterocycles. The van der Waals surface area contributed by atoms with Gasteiger partial charge in [-0.25, -0.2) is 4.79 Å². The van der Waals surface area contributed by atoms with Crippen molar-refractivity contribution in [2.45, 2.75) is 13.5 Å². The van der Waals surface area contributed by atoms with E-state index < -0.39 is 12.6 Å². The van der Waals surface area contributed by atoms with Crippen molar-refractivity contribution in [3.63, 3.8) is 0 Å². The van der Waals surface area contributed by atoms with Gasteiger partial charge in [0, 0.05) is 0 Å². The van der Waals surface area contributed by atoms with E-state index in [1.165, 1.54) is 6.07 Å². The Bertz CT molecular complexity index is 424. The monoisotopic (exact) mass is 246 g/mol. The summed E-state index contributed by atoms with van der Waals surface area (Å²) in [5.41, 5.74) is 10.8. The molecule has 17 heavy (non-hydrogen) atoms. The highest BCUT2D eigenvalue weighted by Crippen LogP contribution is 2.30. The van der Waals surface area contributed by atoms with Gasteiger partial charge in [-0.15, -0.1) is 0 Å². The van der Waals surface area contributed by atoms with Crippen LogP contribution in [0.5, 0.6) is 5.75 Å². The molecule has 4 N–H and O–H groups in total. The van der Waals surface area contributed by atoms with E-state index in [9.17, 15) is 13.6 Å². The third kappa shape index (κ3) is 3.20. The molecule has 94 valence electrons. The standard InChI is InChI=1S/C10H12F2N2O3/c1-2-16-9(15)5-3-6(13)8(14)7(4-5)17-10(11)12/h3-4,10H,2,13-14H2,1H3. The number of nitrogens with two attached hydrogens (primary N) is 2. The lowest BCUT2D eigenvalue weighted by atomic mass is 10.1. The highest BCUT2D eigenvalue weighted by molar-refractivity contribution is 5.93. The summed E-state index contributed by atoms with van der Waals surface area (Å²) in [6.07, 6.45) is 0. The van der Waals surface area contributed by atoms with Crippen LogP contribution in [0.2, 0.25) is 0 Å². The molecule has 1 aromatic rings. The predicted molar refractivity (Wildman–Crippen MR) is 57.9 cm³/mol. The average molecular weight is 246 g/mol. The Balaban J connectivity index is 3.09. The second-order valence-corrected chi connectivity index (χ2v) is 3.08. The second kappa shape index (κ2) is 5.33. The normalized spacial score (nSPS) is 10.4. The van der Waals surface area contributed by atoms with Crippen molar-refractivity contribution < 1.29 is 23.0 Å². The van der Waals surface area contributed by atoms with Crippen LogP contribution in [0.1, 0.15) is 17.3 Å². The zero-order valence-corrected chi connectivity index (χ0v) is 9.07. The molecule has 0 saturated heterocycles. The molecule has 0 unspecified atom stereocenters. The van der Waals surface area contributed by atoms with Gasteiger partial charge in [-0.3, -0.25) is 0 Å². The van der Waals surface area contributed by atoms with Crippen molar-refractivity contribution in [1.29, 1.82) is 0 Å². The summed E-state index contributed by atoms with van der Waals surface area (Å²) < 4.78 is 33.0. The number of carbonyl (C=O) groups excluding carboxylic acids is 1. The minimum absolute atomic E-state index is 0.00852. The van der Waals surface area contributed by atoms with Gasteiger partial charge in [0.1, 0.15) is 0 Å². The van der Waals surface area contributed by atoms with E-state index in [2.05, 4.69) is 4.74 Å². The van der Waals surface area contributed by atoms with Crippen LogP contribution in [0.4, 0.5) is 20.2 Å². The van der Waals surface area contributed by atoms with Crippen molar-refractivity contribution in [1.82, 2.24) is 0 Å². The summed E-state index contributed by atoms with van der Waals surface area (Å²) in [4.78, 5) is 11.4. The predicted octanol–water partition coefficient (Wildman–Crippen LogP) is 1.63. The summed E-state index contributed by atoms with van der Waals surface area (Å²) in [5, 5.41) is 0. The topological polar surface area (TPSA) is 87.6 Å². The Morgan fingerprint density at radius 1 is 1.41 bits per heavy atom. The Morgan fingerprint density at radius 3 is 2.59 bits per heavy atom. The summed E-state index contributed by atoms with van der Waals surface area (Å²) in [7, 11) is 0. The molecule has 0 radical (unpaired) electrons. The molecule has 0 aliphatic heterocycles. The molecule has 1 rings (SSSR count).